The lowest BCUT2D eigenvalue weighted by Gasteiger charge is -2.58. The van der Waals surface area contributed by atoms with Crippen molar-refractivity contribution in [3.05, 3.63) is 60.1 Å². The zero-order valence-electron chi connectivity index (χ0n) is 18.4. The number of fused-ring (bicyclic) bond motifs is 1. The second-order valence-electron chi connectivity index (χ2n) is 9.93. The summed E-state index contributed by atoms with van der Waals surface area (Å²) in [5.74, 6) is 0.859. The van der Waals surface area contributed by atoms with Crippen molar-refractivity contribution in [1.82, 2.24) is 10.2 Å². The fourth-order valence-electron chi connectivity index (χ4n) is 5.80. The van der Waals surface area contributed by atoms with E-state index in [-0.39, 0.29) is 17.7 Å². The maximum absolute atomic E-state index is 12.6. The molecule has 0 bridgehead atoms. The lowest BCUT2D eigenvalue weighted by molar-refractivity contribution is -0.132. The monoisotopic (exact) mass is 436 g/mol. The van der Waals surface area contributed by atoms with Gasteiger partial charge in [-0.15, -0.1) is 0 Å². The summed E-state index contributed by atoms with van der Waals surface area (Å²) in [7, 11) is 0. The molecule has 0 unspecified atom stereocenters. The first-order chi connectivity index (χ1) is 15.5. The molecule has 2 aliphatic carbocycles. The summed E-state index contributed by atoms with van der Waals surface area (Å²) in [6.45, 7) is 2.65. The number of aromatic hydroxyl groups is 1. The predicted molar refractivity (Wildman–Crippen MR) is 122 cm³/mol. The molecular formula is C26H32N2O4. The van der Waals surface area contributed by atoms with Gasteiger partial charge in [-0.2, -0.15) is 0 Å². The van der Waals surface area contributed by atoms with Gasteiger partial charge in [0.2, 0.25) is 5.91 Å². The van der Waals surface area contributed by atoms with Crippen LogP contribution in [0.3, 0.4) is 0 Å². The first-order valence-corrected chi connectivity index (χ1v) is 11.7. The van der Waals surface area contributed by atoms with Crippen molar-refractivity contribution in [1.29, 1.82) is 0 Å². The second kappa shape index (κ2) is 8.41. The number of benzene rings is 1. The van der Waals surface area contributed by atoms with E-state index in [1.807, 2.05) is 12.1 Å². The molecule has 2 aromatic rings. The fourth-order valence-corrected chi connectivity index (χ4v) is 5.80. The topological polar surface area (TPSA) is 85.9 Å². The summed E-state index contributed by atoms with van der Waals surface area (Å²) >= 11 is 0. The molecule has 3 fully saturated rings. The molecule has 2 heterocycles. The van der Waals surface area contributed by atoms with E-state index in [0.717, 1.165) is 43.0 Å². The van der Waals surface area contributed by atoms with E-state index in [1.54, 1.807) is 36.8 Å². The molecule has 6 heteroatoms. The largest absolute Gasteiger partial charge is 0.508 e. The Bertz CT molecular complexity index is 983. The highest BCUT2D eigenvalue weighted by Gasteiger charge is 2.57. The van der Waals surface area contributed by atoms with Gasteiger partial charge < -0.3 is 24.8 Å². The average Bonchev–Trinajstić information content (AvgIpc) is 3.42. The number of phenolic OH excluding ortho intramolecular Hbond substituents is 1. The van der Waals surface area contributed by atoms with Crippen molar-refractivity contribution in [2.24, 2.45) is 5.92 Å². The van der Waals surface area contributed by atoms with Gasteiger partial charge in [-0.25, -0.2) is 0 Å². The van der Waals surface area contributed by atoms with E-state index in [1.165, 1.54) is 18.9 Å². The highest BCUT2D eigenvalue weighted by Crippen LogP contribution is 2.52. The van der Waals surface area contributed by atoms with Gasteiger partial charge in [-0.05, 0) is 80.8 Å². The third-order valence-electron chi connectivity index (χ3n) is 7.66. The van der Waals surface area contributed by atoms with E-state index in [0.29, 0.717) is 19.4 Å². The number of furan rings is 1. The zero-order chi connectivity index (χ0) is 22.2. The molecule has 1 amide bonds. The Morgan fingerprint density at radius 1 is 1.25 bits per heavy atom. The third kappa shape index (κ3) is 4.21. The van der Waals surface area contributed by atoms with Crippen LogP contribution >= 0.6 is 0 Å². The van der Waals surface area contributed by atoms with Crippen LogP contribution in [-0.2, 0) is 10.2 Å². The Morgan fingerprint density at radius 2 is 2.12 bits per heavy atom. The summed E-state index contributed by atoms with van der Waals surface area (Å²) in [6.07, 6.45) is 11.9. The van der Waals surface area contributed by atoms with Gasteiger partial charge in [0, 0.05) is 36.2 Å². The highest BCUT2D eigenvalue weighted by atomic mass is 16.3. The minimum absolute atomic E-state index is 0.0332. The van der Waals surface area contributed by atoms with Gasteiger partial charge in [-0.3, -0.25) is 4.79 Å². The minimum atomic E-state index is -0.873. The Balaban J connectivity index is 1.36. The molecule has 170 valence electrons. The molecule has 0 radical (unpaired) electrons. The van der Waals surface area contributed by atoms with Crippen LogP contribution in [0.1, 0.15) is 49.7 Å². The van der Waals surface area contributed by atoms with Crippen LogP contribution in [0.4, 0.5) is 0 Å². The van der Waals surface area contributed by atoms with E-state index in [4.69, 9.17) is 4.42 Å². The molecule has 32 heavy (non-hydrogen) atoms. The first-order valence-electron chi connectivity index (χ1n) is 11.7. The normalized spacial score (nSPS) is 30.8. The molecule has 3 aliphatic rings. The number of nitrogens with zero attached hydrogens (tertiary/aromatic N) is 1. The summed E-state index contributed by atoms with van der Waals surface area (Å²) in [5, 5.41) is 25.3. The molecule has 1 saturated heterocycles. The van der Waals surface area contributed by atoms with E-state index >= 15 is 0 Å². The Labute approximate surface area is 188 Å². The predicted octanol–water partition coefficient (Wildman–Crippen LogP) is 3.45. The number of likely N-dealkylation sites (tertiary alicyclic amines) is 1. The number of rotatable bonds is 6. The smallest absolute Gasteiger partial charge is 0.244 e. The highest BCUT2D eigenvalue weighted by molar-refractivity contribution is 5.91. The van der Waals surface area contributed by atoms with Gasteiger partial charge in [0.25, 0.3) is 0 Å². The number of aliphatic hydroxyl groups is 1. The fraction of sp³-hybridized carbons (Fsp3) is 0.500. The van der Waals surface area contributed by atoms with Crippen molar-refractivity contribution in [2.75, 3.05) is 19.6 Å². The van der Waals surface area contributed by atoms with E-state index in [9.17, 15) is 15.0 Å². The molecule has 2 saturated carbocycles. The van der Waals surface area contributed by atoms with Gasteiger partial charge in [0.05, 0.1) is 18.1 Å². The van der Waals surface area contributed by atoms with Crippen LogP contribution < -0.4 is 5.32 Å². The standard InChI is InChI=1S/C26H32N2O4/c29-23-3-1-2-21(14-23)25-11-12-28(16-19-4-5-19)18-26(25,31)10-8-22(15-25)27-24(30)7-6-20-9-13-32-17-20/h1-3,6-7,9,13-14,17,19,22,29,31H,4-5,8,10-12,15-16,18H2,(H,27,30)/b7-6+/t22-,25-,26-/m0/s1. The Hall–Kier alpha value is -2.57. The van der Waals surface area contributed by atoms with Crippen LogP contribution in [0.25, 0.3) is 6.08 Å². The van der Waals surface area contributed by atoms with Gasteiger partial charge >= 0.3 is 0 Å². The van der Waals surface area contributed by atoms with Crippen LogP contribution in [0.15, 0.2) is 53.4 Å². The van der Waals surface area contributed by atoms with Crippen molar-refractivity contribution in [2.45, 2.75) is 55.6 Å². The van der Waals surface area contributed by atoms with Crippen molar-refractivity contribution in [3.63, 3.8) is 0 Å². The van der Waals surface area contributed by atoms with Crippen LogP contribution in [0, 0.1) is 5.92 Å². The number of phenols is 1. The van der Waals surface area contributed by atoms with Gasteiger partial charge in [0.1, 0.15) is 5.75 Å². The lowest BCUT2D eigenvalue weighted by atomic mass is 9.55. The molecule has 5 rings (SSSR count). The number of amides is 1. The van der Waals surface area contributed by atoms with E-state index < -0.39 is 11.0 Å². The maximum Gasteiger partial charge on any atom is 0.244 e. The summed E-state index contributed by atoms with van der Waals surface area (Å²) in [6, 6.07) is 9.11. The Morgan fingerprint density at radius 3 is 2.88 bits per heavy atom. The summed E-state index contributed by atoms with van der Waals surface area (Å²) < 4.78 is 5.04. The number of hydrogen-bond donors (Lipinski definition) is 3. The number of carbonyl (C=O) groups is 1. The molecule has 1 aromatic carbocycles. The quantitative estimate of drug-likeness (QED) is 0.604. The van der Waals surface area contributed by atoms with Crippen molar-refractivity contribution < 1.29 is 19.4 Å². The number of carbonyl (C=O) groups excluding carboxylic acids is 1. The van der Waals surface area contributed by atoms with Crippen LogP contribution in [0.5, 0.6) is 5.75 Å². The maximum atomic E-state index is 12.6. The molecule has 3 N–H and O–H groups in total. The zero-order valence-corrected chi connectivity index (χ0v) is 18.4. The van der Waals surface area contributed by atoms with Gasteiger partial charge in [-0.1, -0.05) is 12.1 Å². The number of piperidine rings is 1. The van der Waals surface area contributed by atoms with Crippen molar-refractivity contribution >= 4 is 12.0 Å². The second-order valence-corrected chi connectivity index (χ2v) is 9.93. The average molecular weight is 437 g/mol. The minimum Gasteiger partial charge on any atom is -0.508 e. The van der Waals surface area contributed by atoms with Crippen LogP contribution in [0.2, 0.25) is 0 Å². The van der Waals surface area contributed by atoms with Crippen LogP contribution in [-0.4, -0.2) is 52.3 Å². The van der Waals surface area contributed by atoms with E-state index in [2.05, 4.69) is 10.2 Å². The first kappa shape index (κ1) is 21.3. The number of hydrogen-bond acceptors (Lipinski definition) is 5. The molecule has 3 atom stereocenters. The number of β-amino-alcohol motifs (C(OH)–C–C–N with tert-alkyl or cyclic N) is 1. The summed E-state index contributed by atoms with van der Waals surface area (Å²) in [5.41, 5.74) is 0.453. The molecule has 1 aliphatic heterocycles. The Kier molecular flexibility index (Phi) is 5.59. The molecule has 0 spiro atoms. The molecular weight excluding hydrogens is 404 g/mol. The summed E-state index contributed by atoms with van der Waals surface area (Å²) in [4.78, 5) is 15.0. The SMILES string of the molecule is O=C(/C=C/c1ccoc1)N[C@H]1CC[C@]2(O)CN(CC3CC3)CC[C@@]2(c2cccc(O)c2)C1. The number of nitrogens with one attached hydrogen (secondary N) is 1. The molecule has 6 nitrogen and oxygen atoms in total. The van der Waals surface area contributed by atoms with Crippen molar-refractivity contribution in [3.8, 4) is 5.75 Å². The molecule has 1 aromatic heterocycles. The lowest BCUT2D eigenvalue weighted by Crippen LogP contribution is -2.67. The van der Waals surface area contributed by atoms with Gasteiger partial charge in [0.15, 0.2) is 0 Å². The third-order valence-corrected chi connectivity index (χ3v) is 7.66.